The van der Waals surface area contributed by atoms with Gasteiger partial charge in [0.15, 0.2) is 0 Å². The lowest BCUT2D eigenvalue weighted by molar-refractivity contribution is -0.135. The molecule has 1 aromatic rings. The highest BCUT2D eigenvalue weighted by Gasteiger charge is 2.31. The number of rotatable bonds is 8. The Balaban J connectivity index is 2.80. The average molecular weight is 344 g/mol. The van der Waals surface area contributed by atoms with E-state index in [9.17, 15) is 21.6 Å². The van der Waals surface area contributed by atoms with E-state index in [-0.39, 0.29) is 4.90 Å². The van der Waals surface area contributed by atoms with Crippen LogP contribution in [0.25, 0.3) is 0 Å². The summed E-state index contributed by atoms with van der Waals surface area (Å²) < 4.78 is 62.0. The molecule has 0 aliphatic rings. The van der Waals surface area contributed by atoms with E-state index >= 15 is 0 Å². The highest BCUT2D eigenvalue weighted by molar-refractivity contribution is 7.89. The van der Waals surface area contributed by atoms with Gasteiger partial charge in [0, 0.05) is 25.0 Å². The standard InChI is InChI=1S/C12H19F3N2O2S2/c1-3-6-16-9-10-11(4-8-20-10)21(18,19)17(2)7-5-12(13,14)15/h4,8,16H,3,5-7,9H2,1-2H3. The SMILES string of the molecule is CCCNCc1sccc1S(=O)(=O)N(C)CCC(F)(F)F. The molecule has 1 heterocycles. The van der Waals surface area contributed by atoms with Crippen LogP contribution in [0, 0.1) is 0 Å². The molecule has 0 atom stereocenters. The van der Waals surface area contributed by atoms with Crippen molar-refractivity contribution >= 4 is 21.4 Å². The zero-order valence-corrected chi connectivity index (χ0v) is 13.5. The number of halogens is 3. The van der Waals surface area contributed by atoms with E-state index in [0.717, 1.165) is 17.3 Å². The second kappa shape index (κ2) is 7.57. The van der Waals surface area contributed by atoms with E-state index in [1.54, 1.807) is 5.38 Å². The molecule has 0 radical (unpaired) electrons. The molecule has 122 valence electrons. The molecule has 0 fully saturated rings. The molecule has 0 spiro atoms. The van der Waals surface area contributed by atoms with E-state index in [2.05, 4.69) is 5.32 Å². The zero-order valence-electron chi connectivity index (χ0n) is 11.9. The molecule has 0 aliphatic heterocycles. The van der Waals surface area contributed by atoms with Crippen molar-refractivity contribution in [2.75, 3.05) is 20.1 Å². The van der Waals surface area contributed by atoms with E-state index in [1.807, 2.05) is 6.92 Å². The van der Waals surface area contributed by atoms with Crippen LogP contribution >= 0.6 is 11.3 Å². The normalized spacial score (nSPS) is 13.0. The summed E-state index contributed by atoms with van der Waals surface area (Å²) in [5, 5.41) is 4.72. The van der Waals surface area contributed by atoms with E-state index in [1.165, 1.54) is 24.5 Å². The molecule has 0 aliphatic carbocycles. The summed E-state index contributed by atoms with van der Waals surface area (Å²) in [6.45, 7) is 2.56. The number of sulfonamides is 1. The lowest BCUT2D eigenvalue weighted by Crippen LogP contribution is -2.31. The van der Waals surface area contributed by atoms with Gasteiger partial charge in [-0.15, -0.1) is 11.3 Å². The number of thiophene rings is 1. The predicted molar refractivity (Wildman–Crippen MR) is 76.8 cm³/mol. The van der Waals surface area contributed by atoms with Gasteiger partial charge < -0.3 is 5.32 Å². The summed E-state index contributed by atoms with van der Waals surface area (Å²) in [7, 11) is -2.71. The second-order valence-electron chi connectivity index (χ2n) is 4.58. The second-order valence-corrected chi connectivity index (χ2v) is 7.59. The number of alkyl halides is 3. The molecule has 9 heteroatoms. The monoisotopic (exact) mass is 344 g/mol. The van der Waals surface area contributed by atoms with E-state index in [4.69, 9.17) is 0 Å². The van der Waals surface area contributed by atoms with E-state index < -0.39 is 29.2 Å². The van der Waals surface area contributed by atoms with Crippen molar-refractivity contribution in [3.8, 4) is 0 Å². The Morgan fingerprint density at radius 2 is 2.05 bits per heavy atom. The summed E-state index contributed by atoms with van der Waals surface area (Å²) in [5.41, 5.74) is 0. The smallest absolute Gasteiger partial charge is 0.312 e. The molecule has 1 rings (SSSR count). The number of nitrogens with zero attached hydrogens (tertiary/aromatic N) is 1. The minimum Gasteiger partial charge on any atom is -0.312 e. The lowest BCUT2D eigenvalue weighted by atomic mass is 10.4. The fourth-order valence-corrected chi connectivity index (χ4v) is 4.19. The first-order valence-electron chi connectivity index (χ1n) is 6.48. The van der Waals surface area contributed by atoms with Gasteiger partial charge in [0.05, 0.1) is 11.3 Å². The minimum absolute atomic E-state index is 0.0841. The van der Waals surface area contributed by atoms with Crippen molar-refractivity contribution in [1.29, 1.82) is 0 Å². The Labute approximate surface area is 127 Å². The van der Waals surface area contributed by atoms with Crippen LogP contribution in [0.4, 0.5) is 13.2 Å². The summed E-state index contributed by atoms with van der Waals surface area (Å²) in [5.74, 6) is 0. The van der Waals surface area contributed by atoms with E-state index in [0.29, 0.717) is 11.4 Å². The van der Waals surface area contributed by atoms with Crippen LogP contribution in [-0.4, -0.2) is 39.0 Å². The summed E-state index contributed by atoms with van der Waals surface area (Å²) >= 11 is 1.28. The lowest BCUT2D eigenvalue weighted by Gasteiger charge is -2.18. The molecule has 0 aromatic carbocycles. The van der Waals surface area contributed by atoms with Gasteiger partial charge in [0.1, 0.15) is 0 Å². The Bertz CT molecular complexity index is 541. The maximum Gasteiger partial charge on any atom is 0.390 e. The molecule has 21 heavy (non-hydrogen) atoms. The van der Waals surface area contributed by atoms with Crippen LogP contribution in [0.15, 0.2) is 16.3 Å². The van der Waals surface area contributed by atoms with Crippen LogP contribution in [0.3, 0.4) is 0 Å². The fraction of sp³-hybridized carbons (Fsp3) is 0.667. The number of nitrogens with one attached hydrogen (secondary N) is 1. The van der Waals surface area contributed by atoms with Crippen LogP contribution in [0.2, 0.25) is 0 Å². The third-order valence-corrected chi connectivity index (χ3v) is 5.81. The van der Waals surface area contributed by atoms with Crippen LogP contribution in [0.5, 0.6) is 0 Å². The number of hydrogen-bond donors (Lipinski definition) is 1. The molecule has 0 saturated heterocycles. The Morgan fingerprint density at radius 1 is 1.38 bits per heavy atom. The van der Waals surface area contributed by atoms with Gasteiger partial charge in [-0.2, -0.15) is 13.2 Å². The predicted octanol–water partition coefficient (Wildman–Crippen LogP) is 2.82. The Hall–Kier alpha value is -0.640. The average Bonchev–Trinajstić information content (AvgIpc) is 2.84. The molecule has 1 N–H and O–H groups in total. The van der Waals surface area contributed by atoms with Gasteiger partial charge >= 0.3 is 6.18 Å². The van der Waals surface area contributed by atoms with Crippen molar-refractivity contribution in [3.63, 3.8) is 0 Å². The van der Waals surface area contributed by atoms with Gasteiger partial charge in [-0.25, -0.2) is 12.7 Å². The van der Waals surface area contributed by atoms with Crippen molar-refractivity contribution < 1.29 is 21.6 Å². The fourth-order valence-electron chi connectivity index (χ4n) is 1.64. The minimum atomic E-state index is -4.37. The summed E-state index contributed by atoms with van der Waals surface area (Å²) in [6.07, 6.45) is -4.61. The molecular formula is C12H19F3N2O2S2. The van der Waals surface area contributed by atoms with Gasteiger partial charge in [0.25, 0.3) is 0 Å². The van der Waals surface area contributed by atoms with Crippen LogP contribution < -0.4 is 5.32 Å². The molecule has 0 unspecified atom stereocenters. The highest BCUT2D eigenvalue weighted by atomic mass is 32.2. The van der Waals surface area contributed by atoms with Crippen molar-refractivity contribution in [1.82, 2.24) is 9.62 Å². The maximum atomic E-state index is 12.3. The summed E-state index contributed by atoms with van der Waals surface area (Å²) in [4.78, 5) is 0.697. The largest absolute Gasteiger partial charge is 0.390 e. The molecule has 0 amide bonds. The quantitative estimate of drug-likeness (QED) is 0.738. The first kappa shape index (κ1) is 18.4. The van der Waals surface area contributed by atoms with Gasteiger partial charge in [-0.3, -0.25) is 0 Å². The molecular weight excluding hydrogens is 325 g/mol. The molecule has 4 nitrogen and oxygen atoms in total. The highest BCUT2D eigenvalue weighted by Crippen LogP contribution is 2.26. The molecule has 1 aromatic heterocycles. The molecule has 0 saturated carbocycles. The van der Waals surface area contributed by atoms with Crippen LogP contribution in [-0.2, 0) is 16.6 Å². The van der Waals surface area contributed by atoms with Crippen molar-refractivity contribution in [2.24, 2.45) is 0 Å². The van der Waals surface area contributed by atoms with Gasteiger partial charge in [0.2, 0.25) is 10.0 Å². The summed E-state index contributed by atoms with van der Waals surface area (Å²) in [6, 6.07) is 1.44. The van der Waals surface area contributed by atoms with Crippen molar-refractivity contribution in [2.45, 2.75) is 37.4 Å². The van der Waals surface area contributed by atoms with Crippen molar-refractivity contribution in [3.05, 3.63) is 16.3 Å². The van der Waals surface area contributed by atoms with Crippen LogP contribution in [0.1, 0.15) is 24.6 Å². The molecule has 0 bridgehead atoms. The first-order chi connectivity index (χ1) is 9.68. The maximum absolute atomic E-state index is 12.3. The topological polar surface area (TPSA) is 49.4 Å². The Kier molecular flexibility index (Phi) is 6.64. The van der Waals surface area contributed by atoms with Gasteiger partial charge in [-0.05, 0) is 24.4 Å². The third kappa shape index (κ3) is 5.57. The first-order valence-corrected chi connectivity index (χ1v) is 8.80. The Morgan fingerprint density at radius 3 is 2.62 bits per heavy atom. The zero-order chi connectivity index (χ0) is 16.1. The van der Waals surface area contributed by atoms with Gasteiger partial charge in [-0.1, -0.05) is 6.92 Å². The third-order valence-electron chi connectivity index (χ3n) is 2.82. The number of hydrogen-bond acceptors (Lipinski definition) is 4.